The van der Waals surface area contributed by atoms with Crippen molar-refractivity contribution in [1.29, 1.82) is 0 Å². The van der Waals surface area contributed by atoms with Gasteiger partial charge in [-0.1, -0.05) is 0 Å². The average molecular weight is 292 g/mol. The molecule has 1 aromatic rings. The monoisotopic (exact) mass is 291 g/mol. The zero-order chi connectivity index (χ0) is 13.9. The third kappa shape index (κ3) is 3.34. The van der Waals surface area contributed by atoms with Crippen molar-refractivity contribution in [2.45, 2.75) is 18.7 Å². The van der Waals surface area contributed by atoms with Gasteiger partial charge in [-0.25, -0.2) is 13.8 Å². The van der Waals surface area contributed by atoms with Crippen LogP contribution in [0.25, 0.3) is 0 Å². The fourth-order valence-corrected chi connectivity index (χ4v) is 1.54. The van der Waals surface area contributed by atoms with Crippen LogP contribution in [0.3, 0.4) is 0 Å². The van der Waals surface area contributed by atoms with E-state index in [1.165, 1.54) is 0 Å². The maximum atomic E-state index is 12.8. The molecule has 0 spiro atoms. The van der Waals surface area contributed by atoms with Gasteiger partial charge in [0.25, 0.3) is 6.43 Å². The van der Waals surface area contributed by atoms with Gasteiger partial charge < -0.3 is 9.47 Å². The lowest BCUT2D eigenvalue weighted by Gasteiger charge is -2.16. The van der Waals surface area contributed by atoms with Crippen molar-refractivity contribution >= 4 is 11.6 Å². The second-order valence-corrected chi connectivity index (χ2v) is 3.27. The minimum absolute atomic E-state index is 0.269. The number of ether oxygens (including phenoxy) is 2. The van der Waals surface area contributed by atoms with E-state index in [0.29, 0.717) is 6.20 Å². The van der Waals surface area contributed by atoms with Gasteiger partial charge in [0, 0.05) is 5.56 Å². The van der Waals surface area contributed by atoms with E-state index in [1.807, 2.05) is 0 Å². The van der Waals surface area contributed by atoms with E-state index in [-0.39, 0.29) is 11.4 Å². The summed E-state index contributed by atoms with van der Waals surface area (Å²) >= 11 is 5.41. The second-order valence-electron chi connectivity index (χ2n) is 3.01. The Morgan fingerprint density at radius 1 is 1.39 bits per heavy atom. The van der Waals surface area contributed by atoms with E-state index in [2.05, 4.69) is 14.5 Å². The molecular weight excluding hydrogens is 285 g/mol. The van der Waals surface area contributed by atoms with E-state index in [9.17, 15) is 22.0 Å². The van der Waals surface area contributed by atoms with E-state index in [1.54, 1.807) is 0 Å². The molecule has 102 valence electrons. The third-order valence-electron chi connectivity index (χ3n) is 1.92. The summed E-state index contributed by atoms with van der Waals surface area (Å²) in [5, 5.41) is 0. The van der Waals surface area contributed by atoms with E-state index in [4.69, 9.17) is 11.6 Å². The van der Waals surface area contributed by atoms with Gasteiger partial charge in [0.15, 0.2) is 5.75 Å². The number of alkyl halides is 6. The first-order valence-corrected chi connectivity index (χ1v) is 4.99. The van der Waals surface area contributed by atoms with Crippen molar-refractivity contribution in [3.05, 3.63) is 17.3 Å². The fourth-order valence-electron chi connectivity index (χ4n) is 1.28. The molecule has 1 heterocycles. The Hall–Kier alpha value is -1.31. The van der Waals surface area contributed by atoms with Crippen LogP contribution in [-0.4, -0.2) is 18.5 Å². The molecule has 0 saturated carbocycles. The summed E-state index contributed by atoms with van der Waals surface area (Å²) in [4.78, 5) is 3.43. The molecule has 0 N–H and O–H groups in total. The van der Waals surface area contributed by atoms with E-state index < -0.39 is 30.0 Å². The number of rotatable bonds is 4. The summed E-state index contributed by atoms with van der Waals surface area (Å²) in [7, 11) is 1.14. The summed E-state index contributed by atoms with van der Waals surface area (Å²) in [5.74, 6) is -1.84. The van der Waals surface area contributed by atoms with Crippen LogP contribution in [0.15, 0.2) is 6.20 Å². The van der Waals surface area contributed by atoms with Crippen molar-refractivity contribution in [1.82, 2.24) is 4.98 Å². The summed E-state index contributed by atoms with van der Waals surface area (Å²) in [5.41, 5.74) is -1.31. The van der Waals surface area contributed by atoms with Gasteiger partial charge in [-0.2, -0.15) is 0 Å². The predicted octanol–water partition coefficient (Wildman–Crippen LogP) is 3.67. The molecule has 0 bridgehead atoms. The van der Waals surface area contributed by atoms with Crippen LogP contribution in [0.2, 0.25) is 0 Å². The first kappa shape index (κ1) is 14.7. The Kier molecular flexibility index (Phi) is 4.55. The highest BCUT2D eigenvalue weighted by atomic mass is 35.5. The van der Waals surface area contributed by atoms with E-state index in [0.717, 1.165) is 7.11 Å². The van der Waals surface area contributed by atoms with Crippen LogP contribution in [0.5, 0.6) is 11.6 Å². The highest BCUT2D eigenvalue weighted by Gasteiger charge is 2.35. The lowest BCUT2D eigenvalue weighted by molar-refractivity contribution is -0.275. The molecule has 0 saturated heterocycles. The molecule has 0 aliphatic rings. The Bertz CT molecular complexity index is 424. The predicted molar refractivity (Wildman–Crippen MR) is 52.0 cm³/mol. The van der Waals surface area contributed by atoms with Gasteiger partial charge in [0.2, 0.25) is 5.88 Å². The van der Waals surface area contributed by atoms with Crippen molar-refractivity contribution in [2.24, 2.45) is 0 Å². The lowest BCUT2D eigenvalue weighted by atomic mass is 10.1. The van der Waals surface area contributed by atoms with Crippen LogP contribution >= 0.6 is 11.6 Å². The van der Waals surface area contributed by atoms with Gasteiger partial charge in [-0.05, 0) is 0 Å². The van der Waals surface area contributed by atoms with Crippen LogP contribution in [0, 0.1) is 0 Å². The van der Waals surface area contributed by atoms with Crippen molar-refractivity contribution < 1.29 is 31.4 Å². The molecule has 0 unspecified atom stereocenters. The quantitative estimate of drug-likeness (QED) is 0.626. The molecule has 9 heteroatoms. The van der Waals surface area contributed by atoms with Crippen LogP contribution < -0.4 is 9.47 Å². The maximum Gasteiger partial charge on any atom is 0.573 e. The molecule has 0 aliphatic carbocycles. The van der Waals surface area contributed by atoms with Crippen molar-refractivity contribution in [3.8, 4) is 11.6 Å². The zero-order valence-electron chi connectivity index (χ0n) is 8.89. The van der Waals surface area contributed by atoms with Crippen LogP contribution in [-0.2, 0) is 5.88 Å². The van der Waals surface area contributed by atoms with Gasteiger partial charge in [-0.15, -0.1) is 24.8 Å². The SMILES string of the molecule is COc1ncc(OC(F)(F)F)c(C(F)F)c1CCl. The van der Waals surface area contributed by atoms with Crippen LogP contribution in [0.4, 0.5) is 22.0 Å². The number of halogens is 6. The van der Waals surface area contributed by atoms with E-state index >= 15 is 0 Å². The molecule has 0 aliphatic heterocycles. The number of nitrogens with zero attached hydrogens (tertiary/aromatic N) is 1. The molecule has 0 amide bonds. The van der Waals surface area contributed by atoms with Gasteiger partial charge in [-0.3, -0.25) is 0 Å². The minimum Gasteiger partial charge on any atom is -0.481 e. The van der Waals surface area contributed by atoms with Gasteiger partial charge in [0.1, 0.15) is 0 Å². The number of pyridine rings is 1. The fraction of sp³-hybridized carbons (Fsp3) is 0.444. The number of hydrogen-bond acceptors (Lipinski definition) is 3. The summed E-state index contributed by atoms with van der Waals surface area (Å²) in [6.07, 6.45) is -7.78. The normalized spacial score (nSPS) is 11.8. The molecule has 0 fully saturated rings. The summed E-state index contributed by atoms with van der Waals surface area (Å²) < 4.78 is 69.8. The topological polar surface area (TPSA) is 31.4 Å². The third-order valence-corrected chi connectivity index (χ3v) is 2.19. The molecule has 1 rings (SSSR count). The number of methoxy groups -OCH3 is 1. The number of hydrogen-bond donors (Lipinski definition) is 0. The van der Waals surface area contributed by atoms with Gasteiger partial charge >= 0.3 is 6.36 Å². The standard InChI is InChI=1S/C9H7ClF5NO2/c1-17-8-4(2-10)6(7(11)12)5(3-16-8)18-9(13,14)15/h3,7H,2H2,1H3. The summed E-state index contributed by atoms with van der Waals surface area (Å²) in [6, 6.07) is 0. The average Bonchev–Trinajstić information content (AvgIpc) is 2.25. The first-order chi connectivity index (χ1) is 8.30. The minimum atomic E-state index is -5.09. The highest BCUT2D eigenvalue weighted by Crippen LogP contribution is 2.38. The number of aromatic nitrogens is 1. The Labute approximate surface area is 103 Å². The van der Waals surface area contributed by atoms with Crippen LogP contribution in [0.1, 0.15) is 17.6 Å². The highest BCUT2D eigenvalue weighted by molar-refractivity contribution is 6.17. The first-order valence-electron chi connectivity index (χ1n) is 4.45. The van der Waals surface area contributed by atoms with Gasteiger partial charge in [0.05, 0.1) is 24.8 Å². The zero-order valence-corrected chi connectivity index (χ0v) is 9.65. The van der Waals surface area contributed by atoms with Crippen molar-refractivity contribution in [2.75, 3.05) is 7.11 Å². The molecule has 0 aromatic carbocycles. The molecule has 0 atom stereocenters. The smallest absolute Gasteiger partial charge is 0.481 e. The Balaban J connectivity index is 3.35. The molecule has 0 radical (unpaired) electrons. The van der Waals surface area contributed by atoms with Crippen molar-refractivity contribution in [3.63, 3.8) is 0 Å². The largest absolute Gasteiger partial charge is 0.573 e. The maximum absolute atomic E-state index is 12.8. The molecule has 1 aromatic heterocycles. The summed E-state index contributed by atoms with van der Waals surface area (Å²) in [6.45, 7) is 0. The molecule has 3 nitrogen and oxygen atoms in total. The molecular formula is C9H7ClF5NO2. The Morgan fingerprint density at radius 3 is 2.39 bits per heavy atom. The lowest BCUT2D eigenvalue weighted by Crippen LogP contribution is -2.19. The second kappa shape index (κ2) is 5.55. The Morgan fingerprint density at radius 2 is 2.00 bits per heavy atom. The molecule has 18 heavy (non-hydrogen) atoms.